The van der Waals surface area contributed by atoms with Gasteiger partial charge < -0.3 is 5.32 Å². The van der Waals surface area contributed by atoms with Crippen LogP contribution in [0.3, 0.4) is 0 Å². The van der Waals surface area contributed by atoms with Crippen molar-refractivity contribution in [1.29, 1.82) is 0 Å². The lowest BCUT2D eigenvalue weighted by Gasteiger charge is -2.27. The number of rotatable bonds is 7. The van der Waals surface area contributed by atoms with E-state index in [1.54, 1.807) is 18.2 Å². The van der Waals surface area contributed by atoms with Gasteiger partial charge in [0.05, 0.1) is 4.90 Å². The van der Waals surface area contributed by atoms with Gasteiger partial charge in [0.2, 0.25) is 10.0 Å². The quantitative estimate of drug-likeness (QED) is 0.814. The van der Waals surface area contributed by atoms with E-state index in [-0.39, 0.29) is 11.3 Å². The predicted octanol–water partition coefficient (Wildman–Crippen LogP) is 2.76. The van der Waals surface area contributed by atoms with Gasteiger partial charge in [-0.15, -0.1) is 0 Å². The van der Waals surface area contributed by atoms with Crippen LogP contribution in [0.2, 0.25) is 0 Å². The number of hydrogen-bond donors (Lipinski definition) is 2. The molecule has 0 aliphatic heterocycles. The van der Waals surface area contributed by atoms with Crippen molar-refractivity contribution in [2.75, 3.05) is 13.1 Å². The van der Waals surface area contributed by atoms with Crippen molar-refractivity contribution < 1.29 is 8.42 Å². The lowest BCUT2D eigenvalue weighted by Crippen LogP contribution is -2.33. The van der Waals surface area contributed by atoms with Gasteiger partial charge in [-0.1, -0.05) is 46.8 Å². The fourth-order valence-electron chi connectivity index (χ4n) is 1.72. The van der Waals surface area contributed by atoms with E-state index in [1.807, 2.05) is 13.0 Å². The molecule has 0 bridgehead atoms. The Hall–Kier alpha value is -0.910. The number of benzene rings is 1. The van der Waals surface area contributed by atoms with E-state index in [0.29, 0.717) is 18.0 Å². The normalized spacial score (nSPS) is 14.1. The molecule has 0 amide bonds. The van der Waals surface area contributed by atoms with E-state index < -0.39 is 10.0 Å². The third-order valence-corrected chi connectivity index (χ3v) is 5.27. The first-order valence-electron chi connectivity index (χ1n) is 7.46. The number of nitrogens with one attached hydrogen (secondary N) is 2. The summed E-state index contributed by atoms with van der Waals surface area (Å²) in [5.74, 6) is 0.261. The Kier molecular flexibility index (Phi) is 6.38. The molecular formula is C16H28N2O2S. The molecule has 0 aliphatic rings. The van der Waals surface area contributed by atoms with Gasteiger partial charge in [-0.25, -0.2) is 13.1 Å². The van der Waals surface area contributed by atoms with Crippen molar-refractivity contribution in [3.63, 3.8) is 0 Å². The summed E-state index contributed by atoms with van der Waals surface area (Å²) in [6.45, 7) is 12.4. The summed E-state index contributed by atoms with van der Waals surface area (Å²) in [5.41, 5.74) is 1.05. The summed E-state index contributed by atoms with van der Waals surface area (Å²) in [6.07, 6.45) is 0. The van der Waals surface area contributed by atoms with Crippen LogP contribution < -0.4 is 10.0 Å². The molecule has 1 rings (SSSR count). The first-order chi connectivity index (χ1) is 9.66. The molecule has 4 nitrogen and oxygen atoms in total. The summed E-state index contributed by atoms with van der Waals surface area (Å²) < 4.78 is 27.4. The molecule has 0 radical (unpaired) electrons. The van der Waals surface area contributed by atoms with Crippen LogP contribution >= 0.6 is 0 Å². The summed E-state index contributed by atoms with van der Waals surface area (Å²) in [6, 6.07) is 7.08. The van der Waals surface area contributed by atoms with Crippen LogP contribution in [0, 0.1) is 11.3 Å². The van der Waals surface area contributed by atoms with Crippen LogP contribution in [0.25, 0.3) is 0 Å². The van der Waals surface area contributed by atoms with Crippen molar-refractivity contribution in [2.45, 2.75) is 46.1 Å². The van der Waals surface area contributed by atoms with Gasteiger partial charge in [0.1, 0.15) is 0 Å². The molecule has 0 heterocycles. The van der Waals surface area contributed by atoms with Crippen molar-refractivity contribution in [2.24, 2.45) is 11.3 Å². The number of hydrogen-bond acceptors (Lipinski definition) is 3. The smallest absolute Gasteiger partial charge is 0.240 e. The predicted molar refractivity (Wildman–Crippen MR) is 87.6 cm³/mol. The van der Waals surface area contributed by atoms with Gasteiger partial charge in [-0.2, -0.15) is 0 Å². The molecule has 1 atom stereocenters. The zero-order chi connectivity index (χ0) is 16.1. The van der Waals surface area contributed by atoms with E-state index in [2.05, 4.69) is 37.7 Å². The van der Waals surface area contributed by atoms with E-state index in [4.69, 9.17) is 0 Å². The molecule has 0 saturated carbocycles. The van der Waals surface area contributed by atoms with Gasteiger partial charge in [0.25, 0.3) is 0 Å². The minimum Gasteiger partial charge on any atom is -0.313 e. The van der Waals surface area contributed by atoms with Crippen LogP contribution in [-0.4, -0.2) is 21.5 Å². The SMILES string of the molecule is CCNCc1cccc(S(=O)(=O)NCC(C)C(C)(C)C)c1. The van der Waals surface area contributed by atoms with Crippen molar-refractivity contribution in [3.8, 4) is 0 Å². The topological polar surface area (TPSA) is 58.2 Å². The second-order valence-corrected chi connectivity index (χ2v) is 8.31. The van der Waals surface area contributed by atoms with Crippen LogP contribution in [0.15, 0.2) is 29.2 Å². The minimum absolute atomic E-state index is 0.0788. The second-order valence-electron chi connectivity index (χ2n) is 6.55. The molecule has 1 unspecified atom stereocenters. The van der Waals surface area contributed by atoms with Gasteiger partial charge in [-0.3, -0.25) is 0 Å². The highest BCUT2D eigenvalue weighted by Crippen LogP contribution is 2.25. The highest BCUT2D eigenvalue weighted by Gasteiger charge is 2.22. The van der Waals surface area contributed by atoms with Crippen molar-refractivity contribution in [3.05, 3.63) is 29.8 Å². The maximum Gasteiger partial charge on any atom is 0.240 e. The Morgan fingerprint density at radius 2 is 1.90 bits per heavy atom. The molecule has 0 fully saturated rings. The van der Waals surface area contributed by atoms with Crippen LogP contribution in [0.1, 0.15) is 40.2 Å². The lowest BCUT2D eigenvalue weighted by molar-refractivity contribution is 0.263. The number of sulfonamides is 1. The summed E-state index contributed by atoms with van der Waals surface area (Å²) >= 11 is 0. The van der Waals surface area contributed by atoms with Crippen LogP contribution in [0.4, 0.5) is 0 Å². The molecule has 1 aromatic carbocycles. The van der Waals surface area contributed by atoms with Gasteiger partial charge >= 0.3 is 0 Å². The first kappa shape index (κ1) is 18.1. The Morgan fingerprint density at radius 1 is 1.24 bits per heavy atom. The van der Waals surface area contributed by atoms with Crippen molar-refractivity contribution >= 4 is 10.0 Å². The molecule has 0 spiro atoms. The monoisotopic (exact) mass is 312 g/mol. The lowest BCUT2D eigenvalue weighted by atomic mass is 9.82. The minimum atomic E-state index is -3.44. The molecule has 1 aromatic rings. The molecule has 120 valence electrons. The highest BCUT2D eigenvalue weighted by molar-refractivity contribution is 7.89. The van der Waals surface area contributed by atoms with E-state index in [1.165, 1.54) is 0 Å². The van der Waals surface area contributed by atoms with E-state index in [0.717, 1.165) is 12.1 Å². The maximum absolute atomic E-state index is 12.4. The zero-order valence-corrected chi connectivity index (χ0v) is 14.5. The maximum atomic E-state index is 12.4. The molecule has 5 heteroatoms. The third kappa shape index (κ3) is 5.77. The molecule has 0 saturated heterocycles. The highest BCUT2D eigenvalue weighted by atomic mass is 32.2. The van der Waals surface area contributed by atoms with Crippen LogP contribution in [-0.2, 0) is 16.6 Å². The van der Waals surface area contributed by atoms with Crippen LogP contribution in [0.5, 0.6) is 0 Å². The summed E-state index contributed by atoms with van der Waals surface area (Å²) in [7, 11) is -3.44. The van der Waals surface area contributed by atoms with Gasteiger partial charge in [0, 0.05) is 13.1 Å². The average molecular weight is 312 g/mol. The first-order valence-corrected chi connectivity index (χ1v) is 8.94. The Balaban J connectivity index is 2.78. The largest absolute Gasteiger partial charge is 0.313 e. The standard InChI is InChI=1S/C16H28N2O2S/c1-6-17-12-14-8-7-9-15(10-14)21(19,20)18-11-13(2)16(3,4)5/h7-10,13,17-18H,6,11-12H2,1-5H3. The molecule has 2 N–H and O–H groups in total. The molecule has 21 heavy (non-hydrogen) atoms. The van der Waals surface area contributed by atoms with E-state index >= 15 is 0 Å². The fourth-order valence-corrected chi connectivity index (χ4v) is 2.92. The fraction of sp³-hybridized carbons (Fsp3) is 0.625. The molecule has 0 aromatic heterocycles. The Morgan fingerprint density at radius 3 is 2.48 bits per heavy atom. The molecule has 0 aliphatic carbocycles. The summed E-state index contributed by atoms with van der Waals surface area (Å²) in [5, 5.41) is 3.20. The Labute approximate surface area is 129 Å². The molecular weight excluding hydrogens is 284 g/mol. The van der Waals surface area contributed by atoms with Gasteiger partial charge in [0.15, 0.2) is 0 Å². The van der Waals surface area contributed by atoms with Crippen molar-refractivity contribution in [1.82, 2.24) is 10.0 Å². The summed E-state index contributed by atoms with van der Waals surface area (Å²) in [4.78, 5) is 0.332. The van der Waals surface area contributed by atoms with E-state index in [9.17, 15) is 8.42 Å². The average Bonchev–Trinajstić information content (AvgIpc) is 2.42. The third-order valence-electron chi connectivity index (χ3n) is 3.85. The Bertz CT molecular complexity index is 548. The second kappa shape index (κ2) is 7.38. The zero-order valence-electron chi connectivity index (χ0n) is 13.7. The van der Waals surface area contributed by atoms with Gasteiger partial charge in [-0.05, 0) is 35.6 Å².